The molecule has 76 valence electrons. The SMILES string of the molecule is Fc1ccc(Cl)c(NC2CCCC2)c1. The van der Waals surface area contributed by atoms with Crippen LogP contribution in [0.2, 0.25) is 5.02 Å². The summed E-state index contributed by atoms with van der Waals surface area (Å²) >= 11 is 5.95. The third-order valence-corrected chi connectivity index (χ3v) is 2.97. The van der Waals surface area contributed by atoms with Crippen molar-refractivity contribution in [3.63, 3.8) is 0 Å². The van der Waals surface area contributed by atoms with E-state index >= 15 is 0 Å². The minimum absolute atomic E-state index is 0.241. The number of nitrogens with one attached hydrogen (secondary N) is 1. The van der Waals surface area contributed by atoms with Gasteiger partial charge in [0.1, 0.15) is 5.82 Å². The first-order valence-corrected chi connectivity index (χ1v) is 5.35. The predicted molar refractivity (Wildman–Crippen MR) is 57.3 cm³/mol. The number of anilines is 1. The van der Waals surface area contributed by atoms with Crippen LogP contribution in [0.4, 0.5) is 10.1 Å². The molecule has 0 heterocycles. The maximum absolute atomic E-state index is 12.9. The molecule has 1 aliphatic rings. The number of hydrogen-bond donors (Lipinski definition) is 1. The molecule has 1 N–H and O–H groups in total. The Morgan fingerprint density at radius 1 is 1.29 bits per heavy atom. The molecule has 0 aliphatic heterocycles. The van der Waals surface area contributed by atoms with Gasteiger partial charge in [-0.3, -0.25) is 0 Å². The van der Waals surface area contributed by atoms with E-state index < -0.39 is 0 Å². The van der Waals surface area contributed by atoms with Crippen molar-refractivity contribution in [3.05, 3.63) is 29.0 Å². The summed E-state index contributed by atoms with van der Waals surface area (Å²) in [4.78, 5) is 0. The topological polar surface area (TPSA) is 12.0 Å². The van der Waals surface area contributed by atoms with Crippen LogP contribution in [0.15, 0.2) is 18.2 Å². The lowest BCUT2D eigenvalue weighted by Crippen LogP contribution is -2.14. The maximum Gasteiger partial charge on any atom is 0.125 e. The third-order valence-electron chi connectivity index (χ3n) is 2.64. The summed E-state index contributed by atoms with van der Waals surface area (Å²) in [6, 6.07) is 4.89. The molecule has 1 nitrogen and oxygen atoms in total. The van der Waals surface area contributed by atoms with Gasteiger partial charge in [0.2, 0.25) is 0 Å². The Bertz CT molecular complexity index is 321. The highest BCUT2D eigenvalue weighted by atomic mass is 35.5. The molecule has 1 saturated carbocycles. The van der Waals surface area contributed by atoms with E-state index in [1.807, 2.05) is 0 Å². The normalized spacial score (nSPS) is 17.3. The fraction of sp³-hybridized carbons (Fsp3) is 0.455. The van der Waals surface area contributed by atoms with Crippen LogP contribution in [0, 0.1) is 5.82 Å². The standard InChI is InChI=1S/C11H13ClFN/c12-10-6-5-8(13)7-11(10)14-9-3-1-2-4-9/h5-7,9,14H,1-4H2. The molecule has 0 amide bonds. The van der Waals surface area contributed by atoms with Crippen LogP contribution in [-0.2, 0) is 0 Å². The van der Waals surface area contributed by atoms with Crippen molar-refractivity contribution in [2.75, 3.05) is 5.32 Å². The lowest BCUT2D eigenvalue weighted by molar-refractivity contribution is 0.627. The molecular weight excluding hydrogens is 201 g/mol. The van der Waals surface area contributed by atoms with Crippen LogP contribution in [0.25, 0.3) is 0 Å². The van der Waals surface area contributed by atoms with E-state index in [4.69, 9.17) is 11.6 Å². The molecule has 1 aromatic rings. The quantitative estimate of drug-likeness (QED) is 0.787. The highest BCUT2D eigenvalue weighted by Gasteiger charge is 2.15. The average molecular weight is 214 g/mol. The average Bonchev–Trinajstić information content (AvgIpc) is 2.64. The second kappa shape index (κ2) is 4.18. The Morgan fingerprint density at radius 2 is 2.00 bits per heavy atom. The van der Waals surface area contributed by atoms with Crippen LogP contribution in [0.3, 0.4) is 0 Å². The summed E-state index contributed by atoms with van der Waals surface area (Å²) in [5, 5.41) is 3.87. The predicted octanol–water partition coefficient (Wildman–Crippen LogP) is 3.83. The van der Waals surface area contributed by atoms with Crippen molar-refractivity contribution in [2.45, 2.75) is 31.7 Å². The van der Waals surface area contributed by atoms with Gasteiger partial charge in [0, 0.05) is 6.04 Å². The largest absolute Gasteiger partial charge is 0.381 e. The minimum Gasteiger partial charge on any atom is -0.381 e. The number of halogens is 2. The van der Waals surface area contributed by atoms with Gasteiger partial charge in [-0.05, 0) is 31.0 Å². The van der Waals surface area contributed by atoms with Crippen molar-refractivity contribution < 1.29 is 4.39 Å². The number of hydrogen-bond acceptors (Lipinski definition) is 1. The van der Waals surface area contributed by atoms with E-state index in [1.165, 1.54) is 25.0 Å². The molecule has 0 atom stereocenters. The maximum atomic E-state index is 12.9. The lowest BCUT2D eigenvalue weighted by atomic mass is 10.2. The number of rotatable bonds is 2. The van der Waals surface area contributed by atoms with Crippen molar-refractivity contribution in [2.24, 2.45) is 0 Å². The van der Waals surface area contributed by atoms with Gasteiger partial charge in [-0.1, -0.05) is 24.4 Å². The Kier molecular flexibility index (Phi) is 2.92. The van der Waals surface area contributed by atoms with Crippen molar-refractivity contribution in [1.29, 1.82) is 0 Å². The Balaban J connectivity index is 2.10. The Labute approximate surface area is 88.3 Å². The molecule has 0 saturated heterocycles. The van der Waals surface area contributed by atoms with Gasteiger partial charge >= 0.3 is 0 Å². The first-order valence-electron chi connectivity index (χ1n) is 4.97. The molecule has 0 bridgehead atoms. The third kappa shape index (κ3) is 2.18. The number of benzene rings is 1. The minimum atomic E-state index is -0.241. The smallest absolute Gasteiger partial charge is 0.125 e. The lowest BCUT2D eigenvalue weighted by Gasteiger charge is -2.14. The highest BCUT2D eigenvalue weighted by Crippen LogP contribution is 2.27. The second-order valence-corrected chi connectivity index (χ2v) is 4.16. The fourth-order valence-electron chi connectivity index (χ4n) is 1.90. The molecule has 0 unspecified atom stereocenters. The zero-order chi connectivity index (χ0) is 9.97. The van der Waals surface area contributed by atoms with Crippen molar-refractivity contribution >= 4 is 17.3 Å². The monoisotopic (exact) mass is 213 g/mol. The molecule has 1 fully saturated rings. The van der Waals surface area contributed by atoms with Crippen molar-refractivity contribution in [1.82, 2.24) is 0 Å². The van der Waals surface area contributed by atoms with Crippen LogP contribution in [-0.4, -0.2) is 6.04 Å². The van der Waals surface area contributed by atoms with Crippen LogP contribution in [0.1, 0.15) is 25.7 Å². The molecule has 0 spiro atoms. The molecule has 1 aromatic carbocycles. The van der Waals surface area contributed by atoms with E-state index in [-0.39, 0.29) is 5.82 Å². The summed E-state index contributed by atoms with van der Waals surface area (Å²) in [5.74, 6) is -0.241. The van der Waals surface area contributed by atoms with Gasteiger partial charge in [0.25, 0.3) is 0 Å². The van der Waals surface area contributed by atoms with Gasteiger partial charge in [-0.2, -0.15) is 0 Å². The molecule has 0 radical (unpaired) electrons. The molecule has 14 heavy (non-hydrogen) atoms. The molecule has 2 rings (SSSR count). The first kappa shape index (κ1) is 9.78. The van der Waals surface area contributed by atoms with E-state index in [0.717, 1.165) is 18.5 Å². The van der Waals surface area contributed by atoms with Crippen molar-refractivity contribution in [3.8, 4) is 0 Å². The van der Waals surface area contributed by atoms with Crippen LogP contribution in [0.5, 0.6) is 0 Å². The summed E-state index contributed by atoms with van der Waals surface area (Å²) in [6.07, 6.45) is 4.83. The van der Waals surface area contributed by atoms with E-state index in [1.54, 1.807) is 6.07 Å². The fourth-order valence-corrected chi connectivity index (χ4v) is 2.07. The summed E-state index contributed by atoms with van der Waals surface area (Å²) in [5.41, 5.74) is 0.721. The molecule has 0 aromatic heterocycles. The van der Waals surface area contributed by atoms with Gasteiger partial charge in [0.15, 0.2) is 0 Å². The van der Waals surface area contributed by atoms with Gasteiger partial charge < -0.3 is 5.32 Å². The molecule has 3 heteroatoms. The van der Waals surface area contributed by atoms with E-state index in [2.05, 4.69) is 5.32 Å². The summed E-state index contributed by atoms with van der Waals surface area (Å²) in [6.45, 7) is 0. The second-order valence-electron chi connectivity index (χ2n) is 3.75. The Hall–Kier alpha value is -0.760. The van der Waals surface area contributed by atoms with Gasteiger partial charge in [-0.25, -0.2) is 4.39 Å². The highest BCUT2D eigenvalue weighted by molar-refractivity contribution is 6.33. The zero-order valence-corrected chi connectivity index (χ0v) is 8.65. The van der Waals surface area contributed by atoms with Crippen LogP contribution >= 0.6 is 11.6 Å². The van der Waals surface area contributed by atoms with E-state index in [0.29, 0.717) is 11.1 Å². The summed E-state index contributed by atoms with van der Waals surface area (Å²) < 4.78 is 12.9. The van der Waals surface area contributed by atoms with Crippen LogP contribution < -0.4 is 5.32 Å². The first-order chi connectivity index (χ1) is 6.75. The van der Waals surface area contributed by atoms with Gasteiger partial charge in [0.05, 0.1) is 10.7 Å². The zero-order valence-electron chi connectivity index (χ0n) is 7.89. The Morgan fingerprint density at radius 3 is 2.71 bits per heavy atom. The van der Waals surface area contributed by atoms with Gasteiger partial charge in [-0.15, -0.1) is 0 Å². The summed E-state index contributed by atoms with van der Waals surface area (Å²) in [7, 11) is 0. The van der Waals surface area contributed by atoms with E-state index in [9.17, 15) is 4.39 Å². The molecular formula is C11H13ClFN. The molecule has 1 aliphatic carbocycles.